The van der Waals surface area contributed by atoms with Gasteiger partial charge in [0.15, 0.2) is 5.70 Å². The summed E-state index contributed by atoms with van der Waals surface area (Å²) in [5, 5.41) is 11.9. The molecule has 0 bridgehead atoms. The van der Waals surface area contributed by atoms with Gasteiger partial charge in [-0.1, -0.05) is 40.0 Å². The fraction of sp³-hybridized carbons (Fsp3) is 0.800. The Morgan fingerprint density at radius 1 is 1.17 bits per heavy atom. The fourth-order valence-electron chi connectivity index (χ4n) is 2.55. The number of quaternary nitrogens is 1. The number of Topliss-reactive ketones (excluding diaryl/α,β-unsaturated/α-hetero) is 1. The van der Waals surface area contributed by atoms with Crippen molar-refractivity contribution in [3.05, 3.63) is 11.5 Å². The van der Waals surface area contributed by atoms with Gasteiger partial charge in [0, 0.05) is 12.8 Å². The lowest BCUT2D eigenvalue weighted by molar-refractivity contribution is -0.612. The van der Waals surface area contributed by atoms with Crippen LogP contribution in [0.15, 0.2) is 11.5 Å². The van der Waals surface area contributed by atoms with Crippen molar-refractivity contribution in [2.75, 3.05) is 6.54 Å². The number of hydrogen-bond acceptors (Lipinski definition) is 2. The molecule has 3 N–H and O–H groups in total. The third-order valence-electron chi connectivity index (χ3n) is 3.57. The Morgan fingerprint density at radius 3 is 2.50 bits per heavy atom. The third-order valence-corrected chi connectivity index (χ3v) is 3.57. The maximum Gasteiger partial charge on any atom is 0.216 e. The Labute approximate surface area is 111 Å². The van der Waals surface area contributed by atoms with Gasteiger partial charge >= 0.3 is 0 Å². The molecular formula is C15H28NO2+. The van der Waals surface area contributed by atoms with Crippen molar-refractivity contribution in [2.24, 2.45) is 5.41 Å². The summed E-state index contributed by atoms with van der Waals surface area (Å²) in [5.41, 5.74) is 0.865. The maximum atomic E-state index is 11.7. The zero-order valence-corrected chi connectivity index (χ0v) is 12.1. The maximum absolute atomic E-state index is 11.7. The molecule has 0 aromatic heterocycles. The number of carbonyl (C=O) groups excluding carboxylic acids is 1. The van der Waals surface area contributed by atoms with E-state index in [0.717, 1.165) is 25.1 Å². The van der Waals surface area contributed by atoms with E-state index in [9.17, 15) is 9.90 Å². The molecule has 0 radical (unpaired) electrons. The van der Waals surface area contributed by atoms with Gasteiger partial charge in [-0.05, 0) is 18.3 Å². The second-order valence-electron chi connectivity index (χ2n) is 6.22. The number of carbonyl (C=O) groups is 1. The lowest BCUT2D eigenvalue weighted by atomic mass is 9.78. The van der Waals surface area contributed by atoms with Crippen LogP contribution >= 0.6 is 0 Å². The Morgan fingerprint density at radius 2 is 1.83 bits per heavy atom. The lowest BCUT2D eigenvalue weighted by Gasteiger charge is -2.28. The molecule has 0 aliphatic heterocycles. The Bertz CT molecular complexity index is 318. The average Bonchev–Trinajstić information content (AvgIpc) is 2.28. The summed E-state index contributed by atoms with van der Waals surface area (Å²) in [4.78, 5) is 11.7. The van der Waals surface area contributed by atoms with E-state index < -0.39 is 0 Å². The van der Waals surface area contributed by atoms with Gasteiger partial charge < -0.3 is 10.4 Å². The number of nitrogens with two attached hydrogens (primary N) is 1. The van der Waals surface area contributed by atoms with Crippen LogP contribution in [0.5, 0.6) is 0 Å². The summed E-state index contributed by atoms with van der Waals surface area (Å²) in [7, 11) is 0. The van der Waals surface area contributed by atoms with Crippen LogP contribution in [0.1, 0.15) is 65.7 Å². The van der Waals surface area contributed by atoms with Crippen molar-refractivity contribution in [1.29, 1.82) is 0 Å². The van der Waals surface area contributed by atoms with Gasteiger partial charge in [0.25, 0.3) is 0 Å². The second kappa shape index (κ2) is 6.93. The quantitative estimate of drug-likeness (QED) is 0.686. The van der Waals surface area contributed by atoms with E-state index in [0.29, 0.717) is 6.42 Å². The van der Waals surface area contributed by atoms with Crippen LogP contribution in [0, 0.1) is 5.41 Å². The predicted octanol–water partition coefficient (Wildman–Crippen LogP) is 2.68. The van der Waals surface area contributed by atoms with Crippen LogP contribution < -0.4 is 5.32 Å². The lowest BCUT2D eigenvalue weighted by Crippen LogP contribution is -2.83. The van der Waals surface area contributed by atoms with Gasteiger partial charge in [0.2, 0.25) is 11.5 Å². The summed E-state index contributed by atoms with van der Waals surface area (Å²) in [6.45, 7) is 7.37. The smallest absolute Gasteiger partial charge is 0.216 e. The fourth-order valence-corrected chi connectivity index (χ4v) is 2.55. The number of aliphatic hydroxyl groups is 1. The van der Waals surface area contributed by atoms with Gasteiger partial charge in [0.1, 0.15) is 0 Å². The highest BCUT2D eigenvalue weighted by molar-refractivity contribution is 5.94. The third kappa shape index (κ3) is 4.81. The van der Waals surface area contributed by atoms with Crippen molar-refractivity contribution in [2.45, 2.75) is 65.7 Å². The highest BCUT2D eigenvalue weighted by atomic mass is 16.3. The van der Waals surface area contributed by atoms with E-state index >= 15 is 0 Å². The van der Waals surface area contributed by atoms with E-state index in [1.54, 1.807) is 0 Å². The number of aliphatic hydroxyl groups excluding tert-OH is 1. The first-order chi connectivity index (χ1) is 8.46. The molecule has 1 aliphatic rings. The average molecular weight is 254 g/mol. The molecule has 0 saturated heterocycles. The Balaban J connectivity index is 2.36. The highest BCUT2D eigenvalue weighted by Gasteiger charge is 2.35. The molecule has 0 heterocycles. The molecule has 0 atom stereocenters. The van der Waals surface area contributed by atoms with Gasteiger partial charge in [0.05, 0.1) is 6.54 Å². The van der Waals surface area contributed by atoms with Crippen LogP contribution in [-0.2, 0) is 4.79 Å². The Kier molecular flexibility index (Phi) is 5.86. The number of allylic oxidation sites excluding steroid dienone is 2. The van der Waals surface area contributed by atoms with Gasteiger partial charge in [-0.25, -0.2) is 0 Å². The summed E-state index contributed by atoms with van der Waals surface area (Å²) in [6.07, 6.45) is 7.55. The van der Waals surface area contributed by atoms with Crippen molar-refractivity contribution < 1.29 is 15.2 Å². The Hall–Kier alpha value is -0.830. The highest BCUT2D eigenvalue weighted by Crippen LogP contribution is 2.33. The van der Waals surface area contributed by atoms with E-state index in [1.807, 2.05) is 0 Å². The SMILES string of the molecule is CCCCCCC[NH2+]C1=C(O)C(=O)CC(C)(C)C1. The number of hydrogen-bond donors (Lipinski definition) is 2. The van der Waals surface area contributed by atoms with E-state index in [-0.39, 0.29) is 17.0 Å². The molecule has 3 nitrogen and oxygen atoms in total. The van der Waals surface area contributed by atoms with Crippen LogP contribution in [-0.4, -0.2) is 17.4 Å². The summed E-state index contributed by atoms with van der Waals surface area (Å²) >= 11 is 0. The molecule has 104 valence electrons. The van der Waals surface area contributed by atoms with E-state index in [4.69, 9.17) is 0 Å². The minimum Gasteiger partial charge on any atom is -0.501 e. The molecule has 0 spiro atoms. The molecule has 0 unspecified atom stereocenters. The summed E-state index contributed by atoms with van der Waals surface area (Å²) in [6, 6.07) is 0. The van der Waals surface area contributed by atoms with Crippen molar-refractivity contribution in [1.82, 2.24) is 0 Å². The minimum absolute atomic E-state index is 0.00262. The normalized spacial score (nSPS) is 19.4. The summed E-state index contributed by atoms with van der Waals surface area (Å²) < 4.78 is 0. The monoisotopic (exact) mass is 254 g/mol. The molecule has 0 fully saturated rings. The first kappa shape index (κ1) is 15.2. The van der Waals surface area contributed by atoms with Gasteiger partial charge in [-0.2, -0.15) is 0 Å². The molecule has 1 aliphatic carbocycles. The predicted molar refractivity (Wildman–Crippen MR) is 73.2 cm³/mol. The van der Waals surface area contributed by atoms with Crippen LogP contribution in [0.3, 0.4) is 0 Å². The molecular weight excluding hydrogens is 226 g/mol. The largest absolute Gasteiger partial charge is 0.501 e. The van der Waals surface area contributed by atoms with Crippen LogP contribution in [0.2, 0.25) is 0 Å². The molecule has 0 aromatic rings. The topological polar surface area (TPSA) is 53.9 Å². The van der Waals surface area contributed by atoms with Crippen molar-refractivity contribution >= 4 is 5.78 Å². The van der Waals surface area contributed by atoms with Gasteiger partial charge in [-0.3, -0.25) is 4.79 Å². The van der Waals surface area contributed by atoms with Crippen molar-refractivity contribution in [3.8, 4) is 0 Å². The zero-order chi connectivity index (χ0) is 13.6. The van der Waals surface area contributed by atoms with Crippen molar-refractivity contribution in [3.63, 3.8) is 0 Å². The van der Waals surface area contributed by atoms with Gasteiger partial charge in [-0.15, -0.1) is 0 Å². The number of unbranched alkanes of at least 4 members (excludes halogenated alkanes) is 4. The molecule has 0 aromatic carbocycles. The molecule has 3 heteroatoms. The number of ketones is 1. The standard InChI is InChI=1S/C15H27NO2/c1-4-5-6-7-8-9-16-12-10-15(2,3)11-13(17)14(12)18/h16,18H,4-11H2,1-3H3/p+1. The zero-order valence-electron chi connectivity index (χ0n) is 12.1. The van der Waals surface area contributed by atoms with E-state index in [2.05, 4.69) is 26.1 Å². The van der Waals surface area contributed by atoms with Crippen LogP contribution in [0.4, 0.5) is 0 Å². The molecule has 0 amide bonds. The van der Waals surface area contributed by atoms with Crippen LogP contribution in [0.25, 0.3) is 0 Å². The second-order valence-corrected chi connectivity index (χ2v) is 6.22. The van der Waals surface area contributed by atoms with E-state index in [1.165, 1.54) is 25.7 Å². The molecule has 0 saturated carbocycles. The minimum atomic E-state index is -0.0940. The number of rotatable bonds is 7. The first-order valence-corrected chi connectivity index (χ1v) is 7.25. The molecule has 18 heavy (non-hydrogen) atoms. The first-order valence-electron chi connectivity index (χ1n) is 7.25. The molecule has 1 rings (SSSR count). The summed E-state index contributed by atoms with van der Waals surface area (Å²) in [5.74, 6) is -0.0774.